The highest BCUT2D eigenvalue weighted by Crippen LogP contribution is 2.26. The number of anilines is 1. The van der Waals surface area contributed by atoms with E-state index >= 15 is 0 Å². The van der Waals surface area contributed by atoms with Gasteiger partial charge in [-0.3, -0.25) is 4.79 Å². The minimum atomic E-state index is -0.176. The number of hydrogen-bond donors (Lipinski definition) is 1. The zero-order valence-electron chi connectivity index (χ0n) is 14.6. The third kappa shape index (κ3) is 3.91. The summed E-state index contributed by atoms with van der Waals surface area (Å²) < 4.78 is 10.9. The lowest BCUT2D eigenvalue weighted by molar-refractivity contribution is 0.102. The van der Waals surface area contributed by atoms with E-state index in [1.54, 1.807) is 20.1 Å². The molecule has 0 aliphatic heterocycles. The molecule has 2 aromatic carbocycles. The molecule has 0 bridgehead atoms. The number of hydrogen-bond acceptors (Lipinski definition) is 3. The van der Waals surface area contributed by atoms with Crippen LogP contribution in [0.2, 0.25) is 0 Å². The normalized spacial score (nSPS) is 10.5. The van der Waals surface area contributed by atoms with E-state index < -0.39 is 0 Å². The lowest BCUT2D eigenvalue weighted by atomic mass is 10.0. The van der Waals surface area contributed by atoms with Crippen LogP contribution >= 0.6 is 0 Å². The van der Waals surface area contributed by atoms with E-state index in [-0.39, 0.29) is 5.91 Å². The van der Waals surface area contributed by atoms with E-state index in [1.807, 2.05) is 43.3 Å². The number of methoxy groups -OCH3 is 1. The molecule has 0 fully saturated rings. The van der Waals surface area contributed by atoms with Gasteiger partial charge in [-0.05, 0) is 43.7 Å². The molecular formula is C21H21NO3. The van der Waals surface area contributed by atoms with Crippen LogP contribution < -0.4 is 10.1 Å². The van der Waals surface area contributed by atoms with Gasteiger partial charge in [-0.15, -0.1) is 0 Å². The summed E-state index contributed by atoms with van der Waals surface area (Å²) in [7, 11) is 1.65. The van der Waals surface area contributed by atoms with Crippen LogP contribution in [0.3, 0.4) is 0 Å². The fourth-order valence-electron chi connectivity index (χ4n) is 2.86. The molecule has 0 saturated heterocycles. The van der Waals surface area contributed by atoms with Crippen LogP contribution in [0.1, 0.15) is 33.0 Å². The highest BCUT2D eigenvalue weighted by atomic mass is 16.5. The molecule has 1 N–H and O–H groups in total. The molecule has 1 amide bonds. The van der Waals surface area contributed by atoms with Crippen LogP contribution in [0, 0.1) is 13.8 Å². The number of carbonyl (C=O) groups is 1. The highest BCUT2D eigenvalue weighted by Gasteiger charge is 2.14. The maximum atomic E-state index is 12.5. The number of ether oxygens (including phenoxy) is 1. The third-order valence-electron chi connectivity index (χ3n) is 4.06. The number of furan rings is 1. The topological polar surface area (TPSA) is 51.5 Å². The maximum Gasteiger partial charge on any atom is 0.259 e. The quantitative estimate of drug-likeness (QED) is 0.732. The van der Waals surface area contributed by atoms with Crippen LogP contribution in [-0.4, -0.2) is 13.0 Å². The molecule has 25 heavy (non-hydrogen) atoms. The first-order valence-electron chi connectivity index (χ1n) is 8.16. The first-order valence-corrected chi connectivity index (χ1v) is 8.16. The maximum absolute atomic E-state index is 12.5. The average Bonchev–Trinajstić information content (AvgIpc) is 2.94. The molecule has 0 radical (unpaired) electrons. The van der Waals surface area contributed by atoms with Crippen molar-refractivity contribution in [2.24, 2.45) is 0 Å². The number of benzene rings is 2. The molecule has 1 heterocycles. The van der Waals surface area contributed by atoms with Gasteiger partial charge in [0.2, 0.25) is 0 Å². The minimum absolute atomic E-state index is 0.176. The van der Waals surface area contributed by atoms with E-state index in [0.717, 1.165) is 29.2 Å². The lowest BCUT2D eigenvalue weighted by Crippen LogP contribution is -2.12. The zero-order valence-corrected chi connectivity index (χ0v) is 14.6. The molecule has 3 rings (SSSR count). The Hall–Kier alpha value is -3.01. The van der Waals surface area contributed by atoms with Crippen molar-refractivity contribution in [2.75, 3.05) is 12.4 Å². The second kappa shape index (κ2) is 7.26. The van der Waals surface area contributed by atoms with Gasteiger partial charge < -0.3 is 14.5 Å². The van der Waals surface area contributed by atoms with E-state index in [1.165, 1.54) is 5.56 Å². The molecule has 0 aliphatic carbocycles. The summed E-state index contributed by atoms with van der Waals surface area (Å²) in [6, 6.07) is 17.6. The van der Waals surface area contributed by atoms with Crippen LogP contribution in [0.25, 0.3) is 0 Å². The van der Waals surface area contributed by atoms with Crippen LogP contribution in [0.4, 0.5) is 5.69 Å². The van der Waals surface area contributed by atoms with Crippen molar-refractivity contribution >= 4 is 11.6 Å². The molecule has 1 aromatic heterocycles. The van der Waals surface area contributed by atoms with Crippen molar-refractivity contribution < 1.29 is 13.9 Å². The summed E-state index contributed by atoms with van der Waals surface area (Å²) in [4.78, 5) is 12.5. The fraction of sp³-hybridized carbons (Fsp3) is 0.190. The van der Waals surface area contributed by atoms with Gasteiger partial charge in [-0.25, -0.2) is 0 Å². The summed E-state index contributed by atoms with van der Waals surface area (Å²) in [6.45, 7) is 3.62. The summed E-state index contributed by atoms with van der Waals surface area (Å²) >= 11 is 0. The Morgan fingerprint density at radius 1 is 1.08 bits per heavy atom. The van der Waals surface area contributed by atoms with E-state index in [2.05, 4.69) is 17.4 Å². The third-order valence-corrected chi connectivity index (χ3v) is 4.06. The summed E-state index contributed by atoms with van der Waals surface area (Å²) in [6.07, 6.45) is 0.734. The van der Waals surface area contributed by atoms with Gasteiger partial charge in [-0.1, -0.05) is 30.3 Å². The molecule has 3 aromatic rings. The largest absolute Gasteiger partial charge is 0.496 e. The van der Waals surface area contributed by atoms with Gasteiger partial charge in [0.05, 0.1) is 12.7 Å². The van der Waals surface area contributed by atoms with Crippen molar-refractivity contribution in [3.8, 4) is 5.75 Å². The second-order valence-electron chi connectivity index (χ2n) is 5.97. The average molecular weight is 335 g/mol. The lowest BCUT2D eigenvalue weighted by Gasteiger charge is -2.12. The molecule has 0 spiro atoms. The number of nitrogens with one attached hydrogen (secondary N) is 1. The van der Waals surface area contributed by atoms with Gasteiger partial charge in [0, 0.05) is 17.7 Å². The van der Waals surface area contributed by atoms with Crippen molar-refractivity contribution in [2.45, 2.75) is 20.3 Å². The van der Waals surface area contributed by atoms with Crippen molar-refractivity contribution in [1.29, 1.82) is 0 Å². The first kappa shape index (κ1) is 16.8. The molecule has 4 nitrogen and oxygen atoms in total. The Bertz CT molecular complexity index is 881. The Balaban J connectivity index is 1.84. The number of carbonyl (C=O) groups excluding carboxylic acids is 1. The van der Waals surface area contributed by atoms with Crippen LogP contribution in [-0.2, 0) is 6.42 Å². The SMILES string of the molecule is COc1ccc(NC(=O)c2cc(C)oc2C)cc1Cc1ccccc1. The van der Waals surface area contributed by atoms with Crippen molar-refractivity contribution in [3.63, 3.8) is 0 Å². The fourth-order valence-corrected chi connectivity index (χ4v) is 2.86. The summed E-state index contributed by atoms with van der Waals surface area (Å²) in [5.41, 5.74) is 3.49. The van der Waals surface area contributed by atoms with Crippen molar-refractivity contribution in [1.82, 2.24) is 0 Å². The van der Waals surface area contributed by atoms with Gasteiger partial charge >= 0.3 is 0 Å². The molecule has 0 saturated carbocycles. The molecular weight excluding hydrogens is 314 g/mol. The monoisotopic (exact) mass is 335 g/mol. The van der Waals surface area contributed by atoms with E-state index in [9.17, 15) is 4.79 Å². The Labute approximate surface area is 147 Å². The molecule has 0 unspecified atom stereocenters. The van der Waals surface area contributed by atoms with Crippen LogP contribution in [0.5, 0.6) is 5.75 Å². The predicted octanol–water partition coefficient (Wildman–Crippen LogP) is 4.75. The second-order valence-corrected chi connectivity index (χ2v) is 5.97. The van der Waals surface area contributed by atoms with Gasteiger partial charge in [0.1, 0.15) is 17.3 Å². The Morgan fingerprint density at radius 2 is 1.84 bits per heavy atom. The Morgan fingerprint density at radius 3 is 2.48 bits per heavy atom. The first-order chi connectivity index (χ1) is 12.1. The standard InChI is InChI=1S/C21H21NO3/c1-14-11-19(15(2)25-14)21(23)22-18-9-10-20(24-3)17(13-18)12-16-7-5-4-6-8-16/h4-11,13H,12H2,1-3H3,(H,22,23). The van der Waals surface area contributed by atoms with Gasteiger partial charge in [0.15, 0.2) is 0 Å². The predicted molar refractivity (Wildman–Crippen MR) is 98.4 cm³/mol. The highest BCUT2D eigenvalue weighted by molar-refractivity contribution is 6.05. The molecule has 128 valence electrons. The van der Waals surface area contributed by atoms with Crippen LogP contribution in [0.15, 0.2) is 59.0 Å². The van der Waals surface area contributed by atoms with Gasteiger partial charge in [0.25, 0.3) is 5.91 Å². The molecule has 0 aliphatic rings. The number of amides is 1. The number of rotatable bonds is 5. The molecule has 4 heteroatoms. The van der Waals surface area contributed by atoms with E-state index in [4.69, 9.17) is 9.15 Å². The number of aryl methyl sites for hydroxylation is 2. The van der Waals surface area contributed by atoms with Crippen molar-refractivity contribution in [3.05, 3.63) is 82.8 Å². The minimum Gasteiger partial charge on any atom is -0.496 e. The molecule has 0 atom stereocenters. The smallest absolute Gasteiger partial charge is 0.259 e. The summed E-state index contributed by atoms with van der Waals surface area (Å²) in [5, 5.41) is 2.94. The van der Waals surface area contributed by atoms with Gasteiger partial charge in [-0.2, -0.15) is 0 Å². The summed E-state index contributed by atoms with van der Waals surface area (Å²) in [5.74, 6) is 1.97. The Kier molecular flexibility index (Phi) is 4.89. The van der Waals surface area contributed by atoms with E-state index in [0.29, 0.717) is 11.3 Å². The zero-order chi connectivity index (χ0) is 17.8.